The molecule has 0 atom stereocenters. The summed E-state index contributed by atoms with van der Waals surface area (Å²) in [5.41, 5.74) is 2.09. The molecule has 0 aliphatic carbocycles. The summed E-state index contributed by atoms with van der Waals surface area (Å²) in [7, 11) is 0. The summed E-state index contributed by atoms with van der Waals surface area (Å²) in [5, 5.41) is 16.5. The zero-order valence-electron chi connectivity index (χ0n) is 10.8. The van der Waals surface area contributed by atoms with Gasteiger partial charge in [0.15, 0.2) is 5.16 Å². The summed E-state index contributed by atoms with van der Waals surface area (Å²) in [4.78, 5) is 24.8. The van der Waals surface area contributed by atoms with Crippen LogP contribution in [-0.2, 0) is 11.2 Å². The summed E-state index contributed by atoms with van der Waals surface area (Å²) < 4.78 is 0. The van der Waals surface area contributed by atoms with E-state index in [4.69, 9.17) is 5.11 Å². The van der Waals surface area contributed by atoms with Crippen molar-refractivity contribution in [3.8, 4) is 0 Å². The van der Waals surface area contributed by atoms with Gasteiger partial charge in [-0.15, -0.1) is 10.2 Å². The number of benzene rings is 1. The quantitative estimate of drug-likeness (QED) is 0.805. The molecule has 0 unspecified atom stereocenters. The average molecular weight is 291 g/mol. The first kappa shape index (κ1) is 14.3. The number of hydrogen-bond acceptors (Lipinski definition) is 5. The summed E-state index contributed by atoms with van der Waals surface area (Å²) >= 11 is 0.931. The Morgan fingerprint density at radius 1 is 1.30 bits per heavy atom. The van der Waals surface area contributed by atoms with Crippen molar-refractivity contribution in [3.63, 3.8) is 0 Å². The molecular formula is C13H13N3O3S. The molecule has 0 aliphatic heterocycles. The van der Waals surface area contributed by atoms with Crippen LogP contribution in [0.1, 0.15) is 16.8 Å². The van der Waals surface area contributed by atoms with Crippen LogP contribution in [0.5, 0.6) is 0 Å². The number of H-pyrrole nitrogens is 1. The molecule has 0 fully saturated rings. The Balaban J connectivity index is 2.11. The number of aryl methyl sites for hydroxylation is 1. The van der Waals surface area contributed by atoms with Crippen LogP contribution in [0.2, 0.25) is 0 Å². The van der Waals surface area contributed by atoms with Crippen LogP contribution in [0, 0.1) is 6.92 Å². The van der Waals surface area contributed by atoms with E-state index in [0.717, 1.165) is 22.9 Å². The molecule has 0 saturated carbocycles. The van der Waals surface area contributed by atoms with Gasteiger partial charge in [-0.1, -0.05) is 41.6 Å². The van der Waals surface area contributed by atoms with Crippen molar-refractivity contribution in [1.82, 2.24) is 15.2 Å². The summed E-state index contributed by atoms with van der Waals surface area (Å²) in [6, 6.07) is 7.80. The topological polar surface area (TPSA) is 95.9 Å². The monoisotopic (exact) mass is 291 g/mol. The Hall–Kier alpha value is -2.15. The van der Waals surface area contributed by atoms with E-state index in [1.54, 1.807) is 0 Å². The Labute approximate surface area is 119 Å². The molecule has 0 bridgehead atoms. The molecule has 2 N–H and O–H groups in total. The lowest BCUT2D eigenvalue weighted by molar-refractivity contribution is -0.133. The first-order valence-corrected chi connectivity index (χ1v) is 6.89. The maximum atomic E-state index is 11.8. The lowest BCUT2D eigenvalue weighted by Gasteiger charge is -2.02. The Kier molecular flexibility index (Phi) is 4.52. The van der Waals surface area contributed by atoms with Gasteiger partial charge in [-0.2, -0.15) is 0 Å². The highest BCUT2D eigenvalue weighted by atomic mass is 32.2. The van der Waals surface area contributed by atoms with E-state index >= 15 is 0 Å². The molecule has 1 aromatic heterocycles. The summed E-state index contributed by atoms with van der Waals surface area (Å²) in [5.74, 6) is -1.14. The number of nitrogens with zero attached hydrogens (tertiary/aromatic N) is 2. The number of carbonyl (C=O) groups is 1. The Morgan fingerprint density at radius 2 is 2.00 bits per heavy atom. The van der Waals surface area contributed by atoms with E-state index in [9.17, 15) is 9.59 Å². The van der Waals surface area contributed by atoms with E-state index in [1.807, 2.05) is 31.2 Å². The van der Waals surface area contributed by atoms with Crippen LogP contribution in [-0.4, -0.2) is 32.0 Å². The maximum Gasteiger partial charge on any atom is 0.313 e. The van der Waals surface area contributed by atoms with E-state index < -0.39 is 5.97 Å². The molecule has 1 heterocycles. The molecule has 0 spiro atoms. The minimum atomic E-state index is -0.971. The van der Waals surface area contributed by atoms with Gasteiger partial charge in [0.1, 0.15) is 5.69 Å². The molecule has 104 valence electrons. The number of aromatic amines is 1. The van der Waals surface area contributed by atoms with Crippen LogP contribution in [0.3, 0.4) is 0 Å². The minimum Gasteiger partial charge on any atom is -0.481 e. The van der Waals surface area contributed by atoms with E-state index in [1.165, 1.54) is 0 Å². The standard InChI is InChI=1S/C13H13N3O3S/c1-8-2-4-9(5-3-8)6-10-12(19)14-13(16-15-10)20-7-11(17)18/h2-5H,6-7H2,1H3,(H,17,18)(H,14,16,19). The van der Waals surface area contributed by atoms with Gasteiger partial charge in [-0.25, -0.2) is 0 Å². The molecule has 0 saturated heterocycles. The van der Waals surface area contributed by atoms with Gasteiger partial charge >= 0.3 is 5.97 Å². The van der Waals surface area contributed by atoms with Crippen LogP contribution in [0.4, 0.5) is 0 Å². The predicted molar refractivity (Wildman–Crippen MR) is 75.0 cm³/mol. The first-order valence-electron chi connectivity index (χ1n) is 5.90. The number of carboxylic acid groups (broad SMARTS) is 1. The summed E-state index contributed by atoms with van der Waals surface area (Å²) in [6.45, 7) is 1.99. The van der Waals surface area contributed by atoms with Crippen LogP contribution in [0.25, 0.3) is 0 Å². The number of rotatable bonds is 5. The zero-order chi connectivity index (χ0) is 14.5. The normalized spacial score (nSPS) is 10.4. The minimum absolute atomic E-state index is 0.165. The van der Waals surface area contributed by atoms with Crippen molar-refractivity contribution in [2.24, 2.45) is 0 Å². The SMILES string of the molecule is Cc1ccc(Cc2nnc(SCC(=O)O)[nH]c2=O)cc1. The van der Waals surface area contributed by atoms with Gasteiger partial charge < -0.3 is 5.11 Å². The van der Waals surface area contributed by atoms with Gasteiger partial charge in [0.05, 0.1) is 5.75 Å². The number of carboxylic acids is 1. The molecule has 6 nitrogen and oxygen atoms in total. The van der Waals surface area contributed by atoms with Crippen molar-refractivity contribution in [2.45, 2.75) is 18.5 Å². The molecule has 2 rings (SSSR count). The fourth-order valence-electron chi connectivity index (χ4n) is 1.56. The third-order valence-electron chi connectivity index (χ3n) is 2.57. The predicted octanol–water partition coefficient (Wildman–Crippen LogP) is 1.24. The maximum absolute atomic E-state index is 11.8. The first-order chi connectivity index (χ1) is 9.54. The highest BCUT2D eigenvalue weighted by Gasteiger charge is 2.08. The molecule has 1 aromatic carbocycles. The second-order valence-corrected chi connectivity index (χ2v) is 5.21. The zero-order valence-corrected chi connectivity index (χ0v) is 11.6. The largest absolute Gasteiger partial charge is 0.481 e. The molecule has 0 radical (unpaired) electrons. The van der Waals surface area contributed by atoms with E-state index in [-0.39, 0.29) is 16.5 Å². The van der Waals surface area contributed by atoms with Crippen LogP contribution >= 0.6 is 11.8 Å². The van der Waals surface area contributed by atoms with Crippen molar-refractivity contribution in [3.05, 3.63) is 51.4 Å². The Bertz CT molecular complexity index is 667. The third-order valence-corrected chi connectivity index (χ3v) is 3.42. The van der Waals surface area contributed by atoms with Gasteiger partial charge in [0.25, 0.3) is 5.56 Å². The number of aliphatic carboxylic acids is 1. The van der Waals surface area contributed by atoms with E-state index in [2.05, 4.69) is 15.2 Å². The number of thioether (sulfide) groups is 1. The van der Waals surface area contributed by atoms with Gasteiger partial charge in [-0.05, 0) is 12.5 Å². The van der Waals surface area contributed by atoms with Gasteiger partial charge in [0.2, 0.25) is 0 Å². The second-order valence-electron chi connectivity index (χ2n) is 4.25. The average Bonchev–Trinajstić information content (AvgIpc) is 2.41. The van der Waals surface area contributed by atoms with Gasteiger partial charge in [-0.3, -0.25) is 14.6 Å². The molecular weight excluding hydrogens is 278 g/mol. The fourth-order valence-corrected chi connectivity index (χ4v) is 2.08. The Morgan fingerprint density at radius 3 is 2.60 bits per heavy atom. The fraction of sp³-hybridized carbons (Fsp3) is 0.231. The lowest BCUT2D eigenvalue weighted by Crippen LogP contribution is -2.18. The van der Waals surface area contributed by atoms with Gasteiger partial charge in [0, 0.05) is 6.42 Å². The van der Waals surface area contributed by atoms with Crippen molar-refractivity contribution < 1.29 is 9.90 Å². The molecule has 20 heavy (non-hydrogen) atoms. The highest BCUT2D eigenvalue weighted by Crippen LogP contribution is 2.10. The van der Waals surface area contributed by atoms with Crippen molar-refractivity contribution in [2.75, 3.05) is 5.75 Å². The van der Waals surface area contributed by atoms with Crippen LogP contribution < -0.4 is 5.56 Å². The number of nitrogens with one attached hydrogen (secondary N) is 1. The number of hydrogen-bond donors (Lipinski definition) is 2. The highest BCUT2D eigenvalue weighted by molar-refractivity contribution is 7.99. The molecule has 0 aliphatic rings. The van der Waals surface area contributed by atoms with Crippen molar-refractivity contribution in [1.29, 1.82) is 0 Å². The number of aromatic nitrogens is 3. The third kappa shape index (κ3) is 3.92. The van der Waals surface area contributed by atoms with E-state index in [0.29, 0.717) is 12.1 Å². The molecule has 2 aromatic rings. The smallest absolute Gasteiger partial charge is 0.313 e. The molecule has 7 heteroatoms. The lowest BCUT2D eigenvalue weighted by atomic mass is 10.1. The second kappa shape index (κ2) is 6.33. The van der Waals surface area contributed by atoms with Crippen LogP contribution in [0.15, 0.2) is 34.2 Å². The van der Waals surface area contributed by atoms with Crippen molar-refractivity contribution >= 4 is 17.7 Å². The summed E-state index contributed by atoms with van der Waals surface area (Å²) in [6.07, 6.45) is 0.395. The molecule has 0 amide bonds.